The molecule has 0 bridgehead atoms. The van der Waals surface area contributed by atoms with E-state index in [1.54, 1.807) is 0 Å². The summed E-state index contributed by atoms with van der Waals surface area (Å²) < 4.78 is 0. The Bertz CT molecular complexity index is 355. The number of amides is 2. The monoisotopic (exact) mass is 303 g/mol. The summed E-state index contributed by atoms with van der Waals surface area (Å²) in [6.07, 6.45) is 1.72. The van der Waals surface area contributed by atoms with Crippen molar-refractivity contribution in [2.75, 3.05) is 7.05 Å². The number of hydrogen-bond donors (Lipinski definition) is 0. The van der Waals surface area contributed by atoms with E-state index in [-0.39, 0.29) is 64.7 Å². The van der Waals surface area contributed by atoms with Crippen molar-refractivity contribution in [1.29, 1.82) is 0 Å². The Morgan fingerprint density at radius 3 is 2.20 bits per heavy atom. The molecule has 108 valence electrons. The van der Waals surface area contributed by atoms with Gasteiger partial charge in [-0.05, 0) is 17.9 Å². The van der Waals surface area contributed by atoms with Crippen LogP contribution in [0.25, 0.3) is 0 Å². The maximum atomic E-state index is 11.4. The Hall–Kier alpha value is -0.00364. The molecule has 1 aromatic carbocycles. The fourth-order valence-electron chi connectivity index (χ4n) is 1.52. The van der Waals surface area contributed by atoms with Crippen LogP contribution in [0.1, 0.15) is 45.1 Å². The van der Waals surface area contributed by atoms with Crippen molar-refractivity contribution in [3.8, 4) is 0 Å². The van der Waals surface area contributed by atoms with Gasteiger partial charge >= 0.3 is 51.4 Å². The van der Waals surface area contributed by atoms with Crippen LogP contribution in [-0.2, 0) is 9.59 Å². The Balaban J connectivity index is -0.000000689. The van der Waals surface area contributed by atoms with Gasteiger partial charge < -0.3 is 7.43 Å². The molecule has 0 aliphatic rings. The van der Waals surface area contributed by atoms with Crippen LogP contribution in [0.2, 0.25) is 0 Å². The number of rotatable bonds is 5. The van der Waals surface area contributed by atoms with Gasteiger partial charge in [0.25, 0.3) is 0 Å². The van der Waals surface area contributed by atoms with Crippen molar-refractivity contribution in [1.82, 2.24) is 4.90 Å². The van der Waals surface area contributed by atoms with Crippen molar-refractivity contribution in [3.63, 3.8) is 0 Å². The van der Waals surface area contributed by atoms with Gasteiger partial charge in [0.1, 0.15) is 0 Å². The molecule has 1 atom stereocenters. The molecule has 0 N–H and O–H groups in total. The Morgan fingerprint density at radius 2 is 1.75 bits per heavy atom. The maximum absolute atomic E-state index is 11.4. The summed E-state index contributed by atoms with van der Waals surface area (Å²) in [6.45, 7) is 6.09. The predicted octanol–water partition coefficient (Wildman–Crippen LogP) is 0.666. The first kappa shape index (κ1) is 25.0. The third-order valence-corrected chi connectivity index (χ3v) is 2.71. The van der Waals surface area contributed by atoms with Gasteiger partial charge in [0.05, 0.1) is 0 Å². The van der Waals surface area contributed by atoms with Gasteiger partial charge in [-0.25, -0.2) is 0 Å². The van der Waals surface area contributed by atoms with Gasteiger partial charge in [-0.2, -0.15) is 0 Å². The topological polar surface area (TPSA) is 37.4 Å². The van der Waals surface area contributed by atoms with Gasteiger partial charge in [-0.1, -0.05) is 51.1 Å². The zero-order valence-electron chi connectivity index (χ0n) is 13.7. The molecule has 0 fully saturated rings. The number of benzene rings is 1. The maximum Gasteiger partial charge on any atom is 1.00 e. The molecule has 2 amide bonds. The summed E-state index contributed by atoms with van der Waals surface area (Å²) in [5.74, 6) is 0.211. The van der Waals surface area contributed by atoms with E-state index in [9.17, 15) is 9.59 Å². The molecule has 20 heavy (non-hydrogen) atoms. The van der Waals surface area contributed by atoms with Crippen molar-refractivity contribution in [2.45, 2.75) is 39.5 Å². The van der Waals surface area contributed by atoms with Gasteiger partial charge in [-0.3, -0.25) is 14.5 Å². The molecule has 0 radical (unpaired) electrons. The van der Waals surface area contributed by atoms with Crippen LogP contribution in [0, 0.1) is 7.43 Å². The molecule has 0 saturated heterocycles. The van der Waals surface area contributed by atoms with E-state index in [2.05, 4.69) is 19.1 Å². The van der Waals surface area contributed by atoms with E-state index in [4.69, 9.17) is 0 Å². The molecule has 0 aromatic heterocycles. The molecule has 4 heteroatoms. The molecule has 1 unspecified atom stereocenters. The molecule has 0 saturated carbocycles. The van der Waals surface area contributed by atoms with Crippen LogP contribution in [0.15, 0.2) is 30.3 Å². The first-order valence-electron chi connectivity index (χ1n) is 6.41. The Morgan fingerprint density at radius 1 is 1.25 bits per heavy atom. The molecule has 0 heterocycles. The third-order valence-electron chi connectivity index (χ3n) is 2.71. The zero-order valence-corrected chi connectivity index (χ0v) is 16.8. The number of carbonyl (C=O) groups excluding carboxylic acids is 2. The second-order valence-electron chi connectivity index (χ2n) is 3.96. The summed E-state index contributed by atoms with van der Waals surface area (Å²) >= 11 is 0. The first-order chi connectivity index (χ1) is 8.65. The number of nitrogens with zero attached hydrogens (tertiary/aromatic N) is 1. The van der Waals surface area contributed by atoms with Crippen molar-refractivity contribution >= 4 is 12.3 Å². The van der Waals surface area contributed by atoms with Crippen LogP contribution in [-0.4, -0.2) is 24.3 Å². The van der Waals surface area contributed by atoms with Crippen LogP contribution in [0.4, 0.5) is 0 Å². The second kappa shape index (κ2) is 15.4. The van der Waals surface area contributed by atoms with E-state index in [0.717, 1.165) is 11.3 Å². The molecule has 0 aliphatic carbocycles. The predicted molar refractivity (Wildman–Crippen MR) is 80.7 cm³/mol. The molecule has 0 spiro atoms. The fourth-order valence-corrected chi connectivity index (χ4v) is 1.52. The van der Waals surface area contributed by atoms with Crippen LogP contribution >= 0.6 is 0 Å². The van der Waals surface area contributed by atoms with Gasteiger partial charge in [0.2, 0.25) is 12.3 Å². The number of imide groups is 1. The minimum Gasteiger partial charge on any atom is -0.358 e. The Kier molecular flexibility index (Phi) is 19.2. The van der Waals surface area contributed by atoms with Crippen LogP contribution in [0.5, 0.6) is 0 Å². The SMILES string of the molecule is CC.CC(CCC(=O)N(C)C=O)c1ccccc1.[CH3-].[K+]. The summed E-state index contributed by atoms with van der Waals surface area (Å²) in [5.41, 5.74) is 1.23. The van der Waals surface area contributed by atoms with E-state index in [1.807, 2.05) is 32.0 Å². The Labute approximate surface area is 166 Å². The van der Waals surface area contributed by atoms with E-state index in [1.165, 1.54) is 12.6 Å². The summed E-state index contributed by atoms with van der Waals surface area (Å²) in [6, 6.07) is 10.1. The third kappa shape index (κ3) is 9.83. The standard InChI is InChI=1S/C13H17NO2.C2H6.CH3.K/c1-11(12-6-4-3-5-7-12)8-9-13(16)14(2)10-15;1-2;;/h3-7,10-11H,8-9H2,1-2H3;1-2H3;1H3;/q;;-1;+1. The largest absolute Gasteiger partial charge is 1.00 e. The van der Waals surface area contributed by atoms with Crippen molar-refractivity contribution in [3.05, 3.63) is 43.3 Å². The second-order valence-corrected chi connectivity index (χ2v) is 3.96. The summed E-state index contributed by atoms with van der Waals surface area (Å²) in [5, 5.41) is 0. The smallest absolute Gasteiger partial charge is 0.358 e. The molecule has 3 nitrogen and oxygen atoms in total. The van der Waals surface area contributed by atoms with E-state index in [0.29, 0.717) is 18.7 Å². The van der Waals surface area contributed by atoms with E-state index < -0.39 is 0 Å². The molecule has 0 aliphatic heterocycles. The first-order valence-corrected chi connectivity index (χ1v) is 6.41. The van der Waals surface area contributed by atoms with Crippen molar-refractivity contribution < 1.29 is 61.0 Å². The van der Waals surface area contributed by atoms with Crippen LogP contribution < -0.4 is 51.4 Å². The van der Waals surface area contributed by atoms with E-state index >= 15 is 0 Å². The quantitative estimate of drug-likeness (QED) is 0.455. The zero-order chi connectivity index (χ0) is 14.0. The van der Waals surface area contributed by atoms with Crippen molar-refractivity contribution in [2.24, 2.45) is 0 Å². The minimum absolute atomic E-state index is 0. The summed E-state index contributed by atoms with van der Waals surface area (Å²) in [4.78, 5) is 22.9. The van der Waals surface area contributed by atoms with Gasteiger partial charge in [-0.15, -0.1) is 0 Å². The molecular weight excluding hydrogens is 277 g/mol. The average molecular weight is 303 g/mol. The molecule has 1 aromatic rings. The fraction of sp³-hybridized carbons (Fsp3) is 0.438. The van der Waals surface area contributed by atoms with Gasteiger partial charge in [0.15, 0.2) is 0 Å². The number of carbonyl (C=O) groups is 2. The average Bonchev–Trinajstić information content (AvgIpc) is 2.46. The summed E-state index contributed by atoms with van der Waals surface area (Å²) in [7, 11) is 1.49. The molecule has 1 rings (SSSR count). The normalized spacial score (nSPS) is 9.80. The number of hydrogen-bond acceptors (Lipinski definition) is 2. The van der Waals surface area contributed by atoms with Crippen LogP contribution in [0.3, 0.4) is 0 Å². The minimum atomic E-state index is -0.127. The van der Waals surface area contributed by atoms with Gasteiger partial charge in [0, 0.05) is 13.5 Å². The molecular formula is C16H26KNO2.